The Morgan fingerprint density at radius 1 is 0.919 bits per heavy atom. The van der Waals surface area contributed by atoms with Gasteiger partial charge in [-0.15, -0.1) is 0 Å². The Kier molecular flexibility index (Phi) is 7.92. The first-order valence-electron chi connectivity index (χ1n) is 12.1. The van der Waals surface area contributed by atoms with Crippen molar-refractivity contribution in [2.24, 2.45) is 0 Å². The highest BCUT2D eigenvalue weighted by Gasteiger charge is 2.14. The fourth-order valence-corrected chi connectivity index (χ4v) is 4.21. The van der Waals surface area contributed by atoms with Gasteiger partial charge in [0, 0.05) is 31.6 Å². The van der Waals surface area contributed by atoms with E-state index in [1.54, 1.807) is 36.4 Å². The number of nitrogens with zero attached hydrogens (tertiary/aromatic N) is 3. The Bertz CT molecular complexity index is 1540. The minimum absolute atomic E-state index is 0.0388. The average molecular weight is 501 g/mol. The van der Waals surface area contributed by atoms with Gasteiger partial charge in [0.05, 0.1) is 22.4 Å². The van der Waals surface area contributed by atoms with Crippen molar-refractivity contribution in [2.45, 2.75) is 39.3 Å². The van der Waals surface area contributed by atoms with Crippen molar-refractivity contribution in [2.75, 3.05) is 6.54 Å². The van der Waals surface area contributed by atoms with Gasteiger partial charge in [-0.3, -0.25) is 28.8 Å². The van der Waals surface area contributed by atoms with Gasteiger partial charge in [0.1, 0.15) is 0 Å². The van der Waals surface area contributed by atoms with Crippen LogP contribution in [0.4, 0.5) is 5.69 Å². The van der Waals surface area contributed by atoms with Crippen molar-refractivity contribution in [1.29, 1.82) is 0 Å². The maximum absolute atomic E-state index is 13.3. The molecule has 0 radical (unpaired) electrons. The van der Waals surface area contributed by atoms with Crippen LogP contribution in [-0.2, 0) is 24.3 Å². The van der Waals surface area contributed by atoms with Crippen molar-refractivity contribution >= 4 is 22.5 Å². The number of non-ortho nitro benzene ring substituents is 1. The molecule has 1 heterocycles. The van der Waals surface area contributed by atoms with Crippen LogP contribution in [0, 0.1) is 17.0 Å². The Balaban J connectivity index is 1.45. The van der Waals surface area contributed by atoms with E-state index in [9.17, 15) is 24.5 Å². The summed E-state index contributed by atoms with van der Waals surface area (Å²) in [5, 5.41) is 14.2. The molecule has 1 aromatic heterocycles. The number of hydrogen-bond acceptors (Lipinski definition) is 5. The number of amides is 1. The molecule has 0 aliphatic carbocycles. The molecule has 9 heteroatoms. The molecular weight excluding hydrogens is 472 g/mol. The van der Waals surface area contributed by atoms with Gasteiger partial charge in [0.15, 0.2) is 0 Å². The Hall–Kier alpha value is -4.53. The van der Waals surface area contributed by atoms with Crippen LogP contribution in [0.5, 0.6) is 0 Å². The number of carbonyl (C=O) groups is 1. The molecule has 4 aromatic rings. The third-order valence-electron chi connectivity index (χ3n) is 6.26. The first kappa shape index (κ1) is 25.6. The zero-order valence-corrected chi connectivity index (χ0v) is 20.6. The molecule has 0 spiro atoms. The number of hydrogen-bond donors (Lipinski definition) is 1. The number of nitrogens with one attached hydrogen (secondary N) is 1. The number of fused-ring (bicyclic) bond motifs is 1. The highest BCUT2D eigenvalue weighted by atomic mass is 16.6. The number of rotatable bonds is 10. The maximum Gasteiger partial charge on any atom is 0.331 e. The minimum atomic E-state index is -0.484. The quantitative estimate of drug-likeness (QED) is 0.264. The molecule has 4 rings (SSSR count). The minimum Gasteiger partial charge on any atom is -0.356 e. The van der Waals surface area contributed by atoms with E-state index in [2.05, 4.69) is 5.32 Å². The number of carbonyl (C=O) groups excluding carboxylic acids is 1. The molecule has 190 valence electrons. The highest BCUT2D eigenvalue weighted by Crippen LogP contribution is 2.15. The molecule has 37 heavy (non-hydrogen) atoms. The van der Waals surface area contributed by atoms with Crippen molar-refractivity contribution in [3.8, 4) is 0 Å². The predicted molar refractivity (Wildman–Crippen MR) is 142 cm³/mol. The standard InChI is InChI=1S/C28H28N4O5/c1-20-8-10-21(11-9-20)16-17-29-26(33)7-4-18-30-27(34)24-5-2-3-6-25(24)31(28(30)35)19-22-12-14-23(15-13-22)32(36)37/h2-3,5-6,8-15H,4,7,16-19H2,1H3,(H,29,33). The summed E-state index contributed by atoms with van der Waals surface area (Å²) >= 11 is 0. The molecule has 0 unspecified atom stereocenters. The molecule has 0 atom stereocenters. The normalized spacial score (nSPS) is 10.9. The molecule has 3 aromatic carbocycles. The van der Waals surface area contributed by atoms with Gasteiger partial charge in [-0.25, -0.2) is 4.79 Å². The second-order valence-corrected chi connectivity index (χ2v) is 8.96. The number of nitro groups is 1. The van der Waals surface area contributed by atoms with E-state index in [4.69, 9.17) is 0 Å². The summed E-state index contributed by atoms with van der Waals surface area (Å²) in [5.74, 6) is -0.132. The number of aromatic nitrogens is 2. The van der Waals surface area contributed by atoms with Crippen LogP contribution in [-0.4, -0.2) is 26.5 Å². The fourth-order valence-electron chi connectivity index (χ4n) is 4.21. The van der Waals surface area contributed by atoms with Crippen molar-refractivity contribution in [3.63, 3.8) is 0 Å². The van der Waals surface area contributed by atoms with Gasteiger partial charge in [-0.1, -0.05) is 54.1 Å². The van der Waals surface area contributed by atoms with E-state index in [1.165, 1.54) is 22.3 Å². The topological polar surface area (TPSA) is 116 Å². The first-order valence-corrected chi connectivity index (χ1v) is 12.1. The third-order valence-corrected chi connectivity index (χ3v) is 6.26. The number of benzene rings is 3. The third kappa shape index (κ3) is 6.19. The Morgan fingerprint density at radius 3 is 2.30 bits per heavy atom. The lowest BCUT2D eigenvalue weighted by Crippen LogP contribution is -2.40. The lowest BCUT2D eigenvalue weighted by atomic mass is 10.1. The van der Waals surface area contributed by atoms with Crippen LogP contribution in [0.25, 0.3) is 10.9 Å². The van der Waals surface area contributed by atoms with E-state index in [-0.39, 0.29) is 31.1 Å². The smallest absolute Gasteiger partial charge is 0.331 e. The maximum atomic E-state index is 13.3. The summed E-state index contributed by atoms with van der Waals surface area (Å²) in [6.07, 6.45) is 1.25. The zero-order chi connectivity index (χ0) is 26.4. The van der Waals surface area contributed by atoms with Crippen LogP contribution < -0.4 is 16.6 Å². The number of nitro benzene ring substituents is 1. The van der Waals surface area contributed by atoms with Gasteiger partial charge in [0.2, 0.25) is 5.91 Å². The van der Waals surface area contributed by atoms with Crippen molar-refractivity contribution in [3.05, 3.63) is 120 Å². The summed E-state index contributed by atoms with van der Waals surface area (Å²) < 4.78 is 2.65. The lowest BCUT2D eigenvalue weighted by molar-refractivity contribution is -0.384. The first-order chi connectivity index (χ1) is 17.8. The largest absolute Gasteiger partial charge is 0.356 e. The van der Waals surface area contributed by atoms with Gasteiger partial charge < -0.3 is 5.32 Å². The second-order valence-electron chi connectivity index (χ2n) is 8.96. The van der Waals surface area contributed by atoms with Gasteiger partial charge in [-0.05, 0) is 43.0 Å². The lowest BCUT2D eigenvalue weighted by Gasteiger charge is -2.14. The van der Waals surface area contributed by atoms with E-state index in [0.717, 1.165) is 16.6 Å². The van der Waals surface area contributed by atoms with Gasteiger partial charge >= 0.3 is 5.69 Å². The second kappa shape index (κ2) is 11.5. The molecule has 0 bridgehead atoms. The summed E-state index contributed by atoms with van der Waals surface area (Å²) in [6.45, 7) is 2.79. The Morgan fingerprint density at radius 2 is 1.59 bits per heavy atom. The van der Waals surface area contributed by atoms with E-state index >= 15 is 0 Å². The molecular formula is C28H28N4O5. The average Bonchev–Trinajstić information content (AvgIpc) is 2.90. The molecule has 9 nitrogen and oxygen atoms in total. The summed E-state index contributed by atoms with van der Waals surface area (Å²) in [4.78, 5) is 49.2. The molecule has 1 N–H and O–H groups in total. The summed E-state index contributed by atoms with van der Waals surface area (Å²) in [5.41, 5.74) is 2.58. The molecule has 0 saturated heterocycles. The zero-order valence-electron chi connectivity index (χ0n) is 20.6. The fraction of sp³-hybridized carbons (Fsp3) is 0.250. The predicted octanol–water partition coefficient (Wildman–Crippen LogP) is 3.57. The van der Waals surface area contributed by atoms with E-state index in [1.807, 2.05) is 31.2 Å². The molecule has 0 aliphatic rings. The van der Waals surface area contributed by atoms with Crippen molar-refractivity contribution < 1.29 is 9.72 Å². The van der Waals surface area contributed by atoms with Crippen LogP contribution >= 0.6 is 0 Å². The van der Waals surface area contributed by atoms with E-state index < -0.39 is 16.2 Å². The molecule has 1 amide bonds. The molecule has 0 fully saturated rings. The van der Waals surface area contributed by atoms with E-state index in [0.29, 0.717) is 29.4 Å². The SMILES string of the molecule is Cc1ccc(CCNC(=O)CCCn2c(=O)c3ccccc3n(Cc3ccc([N+](=O)[O-])cc3)c2=O)cc1. The monoisotopic (exact) mass is 500 g/mol. The van der Waals surface area contributed by atoms with Crippen LogP contribution in [0.15, 0.2) is 82.4 Å². The van der Waals surface area contributed by atoms with Crippen LogP contribution in [0.1, 0.15) is 29.5 Å². The van der Waals surface area contributed by atoms with Gasteiger partial charge in [-0.2, -0.15) is 0 Å². The van der Waals surface area contributed by atoms with Crippen LogP contribution in [0.3, 0.4) is 0 Å². The molecule has 0 aliphatic heterocycles. The highest BCUT2D eigenvalue weighted by molar-refractivity contribution is 5.78. The summed E-state index contributed by atoms with van der Waals surface area (Å²) in [6, 6.07) is 20.9. The van der Waals surface area contributed by atoms with Crippen molar-refractivity contribution in [1.82, 2.24) is 14.5 Å². The molecule has 0 saturated carbocycles. The Labute approximate surface area is 213 Å². The summed E-state index contributed by atoms with van der Waals surface area (Å²) in [7, 11) is 0. The van der Waals surface area contributed by atoms with Crippen LogP contribution in [0.2, 0.25) is 0 Å². The van der Waals surface area contributed by atoms with Gasteiger partial charge in [0.25, 0.3) is 11.2 Å². The number of aryl methyl sites for hydroxylation is 1. The number of para-hydroxylation sites is 1.